The molecule has 0 unspecified atom stereocenters. The number of nitrogens with two attached hydrogens (primary N) is 1. The lowest BCUT2D eigenvalue weighted by Gasteiger charge is -2.07. The maximum atomic E-state index is 10.8. The number of benzene rings is 1. The van der Waals surface area contributed by atoms with Crippen molar-refractivity contribution >= 4 is 23.0 Å². The Bertz CT molecular complexity index is 413. The average molecular weight is 275 g/mol. The number of nitro groups is 1. The third-order valence-corrected chi connectivity index (χ3v) is 2.56. The molecule has 0 fully saturated rings. The molecule has 0 bridgehead atoms. The van der Waals surface area contributed by atoms with E-state index in [4.69, 9.17) is 16.7 Å². The Hall–Kier alpha value is -1.37. The summed E-state index contributed by atoms with van der Waals surface area (Å²) in [4.78, 5) is 10.4. The molecule has 1 aromatic rings. The number of halogens is 1. The van der Waals surface area contributed by atoms with Gasteiger partial charge < -0.3 is 15.7 Å². The third-order valence-electron chi connectivity index (χ3n) is 2.33. The highest BCUT2D eigenvalue weighted by Gasteiger charge is 2.13. The maximum Gasteiger partial charge on any atom is 0.293 e. The van der Waals surface area contributed by atoms with Crippen LogP contribution in [-0.4, -0.2) is 35.8 Å². The van der Waals surface area contributed by atoms with E-state index in [2.05, 4.69) is 5.32 Å². The van der Waals surface area contributed by atoms with Crippen LogP contribution in [0.15, 0.2) is 18.2 Å². The molecule has 18 heavy (non-hydrogen) atoms. The van der Waals surface area contributed by atoms with E-state index in [-0.39, 0.29) is 11.8 Å². The molecular formula is C11H17ClN3O3+. The predicted molar refractivity (Wildman–Crippen MR) is 69.9 cm³/mol. The van der Waals surface area contributed by atoms with Crippen molar-refractivity contribution in [3.63, 3.8) is 0 Å². The van der Waals surface area contributed by atoms with E-state index in [1.54, 1.807) is 19.1 Å². The van der Waals surface area contributed by atoms with Gasteiger partial charge in [-0.15, -0.1) is 0 Å². The maximum absolute atomic E-state index is 10.8. The van der Waals surface area contributed by atoms with E-state index in [1.165, 1.54) is 6.07 Å². The second kappa shape index (κ2) is 7.15. The zero-order chi connectivity index (χ0) is 13.5. The Morgan fingerprint density at radius 2 is 2.33 bits per heavy atom. The SMILES string of the molecule is C[C@H](O)C[NH2+]CCNc1ccc(Cl)cc1[N+](=O)[O-]. The zero-order valence-electron chi connectivity index (χ0n) is 10.1. The first-order chi connectivity index (χ1) is 8.50. The largest absolute Gasteiger partial charge is 0.388 e. The van der Waals surface area contributed by atoms with Crippen molar-refractivity contribution < 1.29 is 15.3 Å². The van der Waals surface area contributed by atoms with Crippen LogP contribution in [-0.2, 0) is 0 Å². The quantitative estimate of drug-likeness (QED) is 0.386. The number of rotatable bonds is 7. The van der Waals surface area contributed by atoms with Gasteiger partial charge in [0, 0.05) is 11.1 Å². The summed E-state index contributed by atoms with van der Waals surface area (Å²) in [5.41, 5.74) is 0.424. The van der Waals surface area contributed by atoms with E-state index in [9.17, 15) is 10.1 Å². The lowest BCUT2D eigenvalue weighted by molar-refractivity contribution is -0.657. The van der Waals surface area contributed by atoms with Gasteiger partial charge in [0.2, 0.25) is 0 Å². The Kier molecular flexibility index (Phi) is 5.84. The second-order valence-electron chi connectivity index (χ2n) is 4.01. The zero-order valence-corrected chi connectivity index (χ0v) is 10.9. The first kappa shape index (κ1) is 14.7. The van der Waals surface area contributed by atoms with Crippen molar-refractivity contribution in [3.8, 4) is 0 Å². The molecule has 0 spiro atoms. The Labute approximate surface area is 110 Å². The highest BCUT2D eigenvalue weighted by atomic mass is 35.5. The standard InChI is InChI=1S/C11H16ClN3O3/c1-8(16)7-13-4-5-14-10-3-2-9(12)6-11(10)15(17)18/h2-3,6,8,13-14,16H,4-5,7H2,1H3/p+1/t8-/m0/s1. The number of hydrogen-bond acceptors (Lipinski definition) is 4. The van der Waals surface area contributed by atoms with Gasteiger partial charge in [0.15, 0.2) is 0 Å². The average Bonchev–Trinajstić information content (AvgIpc) is 2.29. The van der Waals surface area contributed by atoms with E-state index in [0.29, 0.717) is 23.8 Å². The number of aliphatic hydroxyl groups is 1. The number of nitrogens with one attached hydrogen (secondary N) is 1. The number of nitro benzene ring substituents is 1. The minimum absolute atomic E-state index is 0.0296. The summed E-state index contributed by atoms with van der Waals surface area (Å²) in [5.74, 6) is 0. The minimum Gasteiger partial charge on any atom is -0.388 e. The molecule has 7 heteroatoms. The molecule has 0 radical (unpaired) electrons. The van der Waals surface area contributed by atoms with Gasteiger partial charge in [0.1, 0.15) is 12.2 Å². The molecule has 100 valence electrons. The van der Waals surface area contributed by atoms with Crippen LogP contribution in [0.4, 0.5) is 11.4 Å². The summed E-state index contributed by atoms with van der Waals surface area (Å²) in [7, 11) is 0. The Balaban J connectivity index is 2.49. The summed E-state index contributed by atoms with van der Waals surface area (Å²) in [6.07, 6.45) is -0.352. The smallest absolute Gasteiger partial charge is 0.293 e. The van der Waals surface area contributed by atoms with E-state index >= 15 is 0 Å². The van der Waals surface area contributed by atoms with Crippen LogP contribution in [0.3, 0.4) is 0 Å². The summed E-state index contributed by atoms with van der Waals surface area (Å²) in [6.45, 7) is 3.64. The number of nitrogens with zero attached hydrogens (tertiary/aromatic N) is 1. The van der Waals surface area contributed by atoms with E-state index in [0.717, 1.165) is 6.54 Å². The molecule has 0 aromatic heterocycles. The summed E-state index contributed by atoms with van der Waals surface area (Å²) < 4.78 is 0. The normalized spacial score (nSPS) is 12.2. The fraction of sp³-hybridized carbons (Fsp3) is 0.455. The molecule has 0 heterocycles. The molecule has 1 aromatic carbocycles. The van der Waals surface area contributed by atoms with Crippen molar-refractivity contribution in [3.05, 3.63) is 33.3 Å². The molecule has 0 saturated heterocycles. The van der Waals surface area contributed by atoms with Crippen LogP contribution in [0, 0.1) is 10.1 Å². The lowest BCUT2D eigenvalue weighted by Crippen LogP contribution is -2.87. The van der Waals surface area contributed by atoms with Gasteiger partial charge >= 0.3 is 0 Å². The molecule has 0 aliphatic rings. The monoisotopic (exact) mass is 274 g/mol. The molecule has 6 nitrogen and oxygen atoms in total. The van der Waals surface area contributed by atoms with Crippen LogP contribution in [0.5, 0.6) is 0 Å². The molecule has 0 saturated carbocycles. The van der Waals surface area contributed by atoms with Crippen molar-refractivity contribution in [2.24, 2.45) is 0 Å². The highest BCUT2D eigenvalue weighted by Crippen LogP contribution is 2.27. The van der Waals surface area contributed by atoms with Crippen LogP contribution < -0.4 is 10.6 Å². The lowest BCUT2D eigenvalue weighted by atomic mass is 10.2. The number of quaternary nitrogens is 1. The Morgan fingerprint density at radius 3 is 2.94 bits per heavy atom. The summed E-state index contributed by atoms with van der Waals surface area (Å²) in [6, 6.07) is 4.52. The van der Waals surface area contributed by atoms with Crippen molar-refractivity contribution in [1.82, 2.24) is 0 Å². The predicted octanol–water partition coefficient (Wildman–Crippen LogP) is 0.604. The summed E-state index contributed by atoms with van der Waals surface area (Å²) >= 11 is 5.71. The van der Waals surface area contributed by atoms with Gasteiger partial charge in [0.05, 0.1) is 24.1 Å². The van der Waals surface area contributed by atoms with Gasteiger partial charge in [-0.25, -0.2) is 0 Å². The number of aliphatic hydroxyl groups excluding tert-OH is 1. The van der Waals surface area contributed by atoms with Gasteiger partial charge in [-0.1, -0.05) is 11.6 Å². The van der Waals surface area contributed by atoms with Crippen LogP contribution in [0.1, 0.15) is 6.92 Å². The van der Waals surface area contributed by atoms with Crippen molar-refractivity contribution in [1.29, 1.82) is 0 Å². The highest BCUT2D eigenvalue weighted by molar-refractivity contribution is 6.30. The molecule has 4 N–H and O–H groups in total. The van der Waals surface area contributed by atoms with Crippen LogP contribution >= 0.6 is 11.6 Å². The molecule has 0 aliphatic heterocycles. The number of hydrogen-bond donors (Lipinski definition) is 3. The van der Waals surface area contributed by atoms with Gasteiger partial charge in [-0.05, 0) is 19.1 Å². The fourth-order valence-electron chi connectivity index (χ4n) is 1.47. The fourth-order valence-corrected chi connectivity index (χ4v) is 1.64. The molecule has 0 aliphatic carbocycles. The van der Waals surface area contributed by atoms with Crippen LogP contribution in [0.2, 0.25) is 5.02 Å². The van der Waals surface area contributed by atoms with Gasteiger partial charge in [-0.3, -0.25) is 10.1 Å². The first-order valence-corrected chi connectivity index (χ1v) is 6.06. The van der Waals surface area contributed by atoms with E-state index < -0.39 is 4.92 Å². The Morgan fingerprint density at radius 1 is 1.61 bits per heavy atom. The topological polar surface area (TPSA) is 92.0 Å². The number of anilines is 1. The van der Waals surface area contributed by atoms with Crippen molar-refractivity contribution in [2.45, 2.75) is 13.0 Å². The van der Waals surface area contributed by atoms with Gasteiger partial charge in [0.25, 0.3) is 5.69 Å². The van der Waals surface area contributed by atoms with Gasteiger partial charge in [-0.2, -0.15) is 0 Å². The van der Waals surface area contributed by atoms with Crippen molar-refractivity contribution in [2.75, 3.05) is 25.0 Å². The molecular weight excluding hydrogens is 258 g/mol. The van der Waals surface area contributed by atoms with Crippen LogP contribution in [0.25, 0.3) is 0 Å². The molecule has 0 amide bonds. The second-order valence-corrected chi connectivity index (χ2v) is 4.44. The van der Waals surface area contributed by atoms with E-state index in [1.807, 2.05) is 5.32 Å². The molecule has 1 atom stereocenters. The first-order valence-electron chi connectivity index (χ1n) is 5.68. The summed E-state index contributed by atoms with van der Waals surface area (Å²) in [5, 5.41) is 25.1. The minimum atomic E-state index is -0.465. The molecule has 1 rings (SSSR count). The third kappa shape index (κ3) is 4.87.